The Morgan fingerprint density at radius 3 is 2.80 bits per heavy atom. The van der Waals surface area contributed by atoms with Crippen LogP contribution in [0.3, 0.4) is 0 Å². The molecule has 1 unspecified atom stereocenters. The van der Waals surface area contributed by atoms with Gasteiger partial charge in [0, 0.05) is 19.3 Å². The number of nitrogens with one attached hydrogen (secondary N) is 1. The van der Waals surface area contributed by atoms with E-state index >= 15 is 0 Å². The lowest BCUT2D eigenvalue weighted by molar-refractivity contribution is -0.124. The topological polar surface area (TPSA) is 64.4 Å². The number of carbonyl (C=O) groups excluding carboxylic acids is 1. The molecule has 2 atom stereocenters. The van der Waals surface area contributed by atoms with Crippen LogP contribution in [0.25, 0.3) is 0 Å². The van der Waals surface area contributed by atoms with E-state index in [-0.39, 0.29) is 17.9 Å². The number of hydrogen-bond donors (Lipinski definition) is 2. The first-order chi connectivity index (χ1) is 7.11. The fraction of sp³-hybridized carbons (Fsp3) is 0.909. The lowest BCUT2D eigenvalue weighted by Gasteiger charge is -2.20. The molecule has 0 spiro atoms. The highest BCUT2D eigenvalue weighted by atomic mass is 16.5. The molecule has 1 aliphatic heterocycles. The highest BCUT2D eigenvalue weighted by Crippen LogP contribution is 2.09. The van der Waals surface area contributed by atoms with E-state index in [4.69, 9.17) is 10.5 Å². The van der Waals surface area contributed by atoms with Crippen LogP contribution in [0.2, 0.25) is 0 Å². The molecule has 4 nitrogen and oxygen atoms in total. The molecule has 1 saturated heterocycles. The minimum absolute atomic E-state index is 0.0306. The lowest BCUT2D eigenvalue weighted by Crippen LogP contribution is -2.47. The van der Waals surface area contributed by atoms with Gasteiger partial charge in [-0.05, 0) is 25.2 Å². The van der Waals surface area contributed by atoms with Crippen molar-refractivity contribution in [2.45, 2.75) is 45.2 Å². The number of ether oxygens (including phenoxy) is 1. The summed E-state index contributed by atoms with van der Waals surface area (Å²) in [6, 6.07) is -0.154. The molecule has 3 N–H and O–H groups in total. The predicted octanol–water partition coefficient (Wildman–Crippen LogP) is 0.655. The quantitative estimate of drug-likeness (QED) is 0.725. The van der Waals surface area contributed by atoms with E-state index in [1.165, 1.54) is 0 Å². The maximum Gasteiger partial charge on any atom is 0.237 e. The number of rotatable bonds is 3. The Balaban J connectivity index is 2.35. The van der Waals surface area contributed by atoms with Crippen LogP contribution in [0.15, 0.2) is 0 Å². The molecule has 1 heterocycles. The Morgan fingerprint density at radius 2 is 2.13 bits per heavy atom. The Bertz CT molecular complexity index is 199. The summed E-state index contributed by atoms with van der Waals surface area (Å²) in [7, 11) is 0. The molecule has 1 fully saturated rings. The van der Waals surface area contributed by atoms with E-state index in [1.807, 2.05) is 13.8 Å². The summed E-state index contributed by atoms with van der Waals surface area (Å²) < 4.78 is 5.33. The Hall–Kier alpha value is -0.610. The summed E-state index contributed by atoms with van der Waals surface area (Å²) in [5.74, 6) is 0.156. The maximum atomic E-state index is 11.7. The van der Waals surface area contributed by atoms with E-state index in [9.17, 15) is 4.79 Å². The van der Waals surface area contributed by atoms with Gasteiger partial charge in [-0.15, -0.1) is 0 Å². The molecule has 0 radical (unpaired) electrons. The van der Waals surface area contributed by atoms with Crippen molar-refractivity contribution in [2.24, 2.45) is 11.7 Å². The van der Waals surface area contributed by atoms with Crippen molar-refractivity contribution in [3.63, 3.8) is 0 Å². The fourth-order valence-corrected chi connectivity index (χ4v) is 1.65. The zero-order valence-electron chi connectivity index (χ0n) is 9.66. The predicted molar refractivity (Wildman–Crippen MR) is 59.4 cm³/mol. The molecular weight excluding hydrogens is 192 g/mol. The number of amides is 1. The van der Waals surface area contributed by atoms with Crippen molar-refractivity contribution in [3.8, 4) is 0 Å². The van der Waals surface area contributed by atoms with Crippen LogP contribution in [0, 0.1) is 5.92 Å². The van der Waals surface area contributed by atoms with Gasteiger partial charge in [-0.3, -0.25) is 4.79 Å². The number of carbonyl (C=O) groups is 1. The van der Waals surface area contributed by atoms with Crippen LogP contribution in [-0.4, -0.2) is 31.2 Å². The van der Waals surface area contributed by atoms with Gasteiger partial charge in [-0.25, -0.2) is 0 Å². The van der Waals surface area contributed by atoms with Crippen molar-refractivity contribution in [1.29, 1.82) is 0 Å². The largest absolute Gasteiger partial charge is 0.381 e. The Kier molecular flexibility index (Phi) is 5.05. The third-order valence-electron chi connectivity index (χ3n) is 2.82. The second kappa shape index (κ2) is 6.08. The molecule has 4 heteroatoms. The van der Waals surface area contributed by atoms with Gasteiger partial charge in [-0.2, -0.15) is 0 Å². The molecule has 0 aliphatic carbocycles. The molecule has 15 heavy (non-hydrogen) atoms. The SMILES string of the molecule is CC(C)[C@H](N)C(=O)NC1CCCOCC1. The summed E-state index contributed by atoms with van der Waals surface area (Å²) in [5.41, 5.74) is 5.77. The summed E-state index contributed by atoms with van der Waals surface area (Å²) in [4.78, 5) is 11.7. The normalized spacial score (nSPS) is 24.7. The van der Waals surface area contributed by atoms with E-state index in [1.54, 1.807) is 0 Å². The first-order valence-corrected chi connectivity index (χ1v) is 5.75. The van der Waals surface area contributed by atoms with Crippen LogP contribution in [-0.2, 0) is 9.53 Å². The highest BCUT2D eigenvalue weighted by Gasteiger charge is 2.21. The number of hydrogen-bond acceptors (Lipinski definition) is 3. The van der Waals surface area contributed by atoms with Crippen LogP contribution in [0.5, 0.6) is 0 Å². The van der Waals surface area contributed by atoms with Gasteiger partial charge in [0.2, 0.25) is 5.91 Å². The van der Waals surface area contributed by atoms with Gasteiger partial charge in [0.15, 0.2) is 0 Å². The van der Waals surface area contributed by atoms with Gasteiger partial charge in [0.25, 0.3) is 0 Å². The number of nitrogens with two attached hydrogens (primary N) is 1. The Morgan fingerprint density at radius 1 is 1.40 bits per heavy atom. The average molecular weight is 214 g/mol. The molecular formula is C11H22N2O2. The second-order valence-electron chi connectivity index (χ2n) is 4.52. The van der Waals surface area contributed by atoms with Crippen molar-refractivity contribution in [3.05, 3.63) is 0 Å². The maximum absolute atomic E-state index is 11.7. The minimum Gasteiger partial charge on any atom is -0.381 e. The molecule has 0 bridgehead atoms. The molecule has 1 rings (SSSR count). The first kappa shape index (κ1) is 12.5. The molecule has 1 amide bonds. The van der Waals surface area contributed by atoms with Crippen molar-refractivity contribution < 1.29 is 9.53 Å². The standard InChI is InChI=1S/C11H22N2O2/c1-8(2)10(12)11(14)13-9-4-3-6-15-7-5-9/h8-10H,3-7,12H2,1-2H3,(H,13,14)/t9?,10-/m0/s1. The third-order valence-corrected chi connectivity index (χ3v) is 2.82. The fourth-order valence-electron chi connectivity index (χ4n) is 1.65. The summed E-state index contributed by atoms with van der Waals surface area (Å²) in [5, 5.41) is 3.00. The molecule has 0 saturated carbocycles. The van der Waals surface area contributed by atoms with E-state index in [0.717, 1.165) is 32.5 Å². The van der Waals surface area contributed by atoms with Gasteiger partial charge in [0.05, 0.1) is 6.04 Å². The van der Waals surface area contributed by atoms with Crippen LogP contribution >= 0.6 is 0 Å². The smallest absolute Gasteiger partial charge is 0.237 e. The van der Waals surface area contributed by atoms with E-state index in [0.29, 0.717) is 0 Å². The van der Waals surface area contributed by atoms with E-state index < -0.39 is 6.04 Å². The average Bonchev–Trinajstić information content (AvgIpc) is 2.45. The van der Waals surface area contributed by atoms with Gasteiger partial charge in [-0.1, -0.05) is 13.8 Å². The molecule has 0 aromatic heterocycles. The van der Waals surface area contributed by atoms with Crippen LogP contribution < -0.4 is 11.1 Å². The highest BCUT2D eigenvalue weighted by molar-refractivity contribution is 5.81. The monoisotopic (exact) mass is 214 g/mol. The van der Waals surface area contributed by atoms with Crippen molar-refractivity contribution in [2.75, 3.05) is 13.2 Å². The third kappa shape index (κ3) is 4.18. The van der Waals surface area contributed by atoms with Gasteiger partial charge >= 0.3 is 0 Å². The zero-order valence-corrected chi connectivity index (χ0v) is 9.66. The minimum atomic E-state index is -0.394. The molecule has 0 aromatic rings. The van der Waals surface area contributed by atoms with Gasteiger partial charge < -0.3 is 15.8 Å². The summed E-state index contributed by atoms with van der Waals surface area (Å²) >= 11 is 0. The first-order valence-electron chi connectivity index (χ1n) is 5.75. The van der Waals surface area contributed by atoms with E-state index in [2.05, 4.69) is 5.32 Å². The summed E-state index contributed by atoms with van der Waals surface area (Å²) in [6.07, 6.45) is 2.91. The lowest BCUT2D eigenvalue weighted by atomic mass is 10.0. The zero-order chi connectivity index (χ0) is 11.3. The molecule has 1 aliphatic rings. The Labute approximate surface area is 91.5 Å². The summed E-state index contributed by atoms with van der Waals surface area (Å²) in [6.45, 7) is 5.46. The van der Waals surface area contributed by atoms with Crippen molar-refractivity contribution >= 4 is 5.91 Å². The van der Waals surface area contributed by atoms with Gasteiger partial charge in [0.1, 0.15) is 0 Å². The van der Waals surface area contributed by atoms with Crippen LogP contribution in [0.4, 0.5) is 0 Å². The van der Waals surface area contributed by atoms with Crippen LogP contribution in [0.1, 0.15) is 33.1 Å². The molecule has 0 aromatic carbocycles. The second-order valence-corrected chi connectivity index (χ2v) is 4.52. The molecule has 88 valence electrons. The van der Waals surface area contributed by atoms with Crippen molar-refractivity contribution in [1.82, 2.24) is 5.32 Å².